The molecule has 29 heavy (non-hydrogen) atoms. The molecule has 0 atom stereocenters. The Morgan fingerprint density at radius 1 is 1.00 bits per heavy atom. The number of rotatable bonds is 4. The lowest BCUT2D eigenvalue weighted by Gasteiger charge is -2.11. The number of amides is 1. The van der Waals surface area contributed by atoms with Crippen LogP contribution in [-0.4, -0.2) is 10.9 Å². The summed E-state index contributed by atoms with van der Waals surface area (Å²) in [7, 11) is 0. The number of hydrogen-bond donors (Lipinski definition) is 1. The van der Waals surface area contributed by atoms with Crippen LogP contribution in [0.1, 0.15) is 21.5 Å². The van der Waals surface area contributed by atoms with Crippen LogP contribution in [0.5, 0.6) is 0 Å². The van der Waals surface area contributed by atoms with Gasteiger partial charge in [0.15, 0.2) is 5.76 Å². The van der Waals surface area contributed by atoms with Gasteiger partial charge in [0.05, 0.1) is 11.8 Å². The number of oxazole rings is 1. The zero-order valence-electron chi connectivity index (χ0n) is 16.1. The summed E-state index contributed by atoms with van der Waals surface area (Å²) in [6.07, 6.45) is 1.68. The summed E-state index contributed by atoms with van der Waals surface area (Å²) in [5.41, 5.74) is 4.98. The second-order valence-corrected chi connectivity index (χ2v) is 7.77. The Balaban J connectivity index is 1.66. The number of carbonyl (C=O) groups is 1. The fourth-order valence-corrected chi connectivity index (χ4v) is 3.34. The van der Waals surface area contributed by atoms with Crippen LogP contribution in [-0.2, 0) is 0 Å². The second kappa shape index (κ2) is 8.05. The number of halogens is 1. The van der Waals surface area contributed by atoms with Crippen LogP contribution in [0, 0.1) is 13.8 Å². The number of aromatic nitrogens is 1. The number of nitrogens with one attached hydrogen (secondary N) is 1. The third kappa shape index (κ3) is 4.15. The van der Waals surface area contributed by atoms with E-state index < -0.39 is 0 Å². The summed E-state index contributed by atoms with van der Waals surface area (Å²) in [5, 5.41) is 3.01. The Bertz CT molecular complexity index is 1180. The number of benzene rings is 3. The van der Waals surface area contributed by atoms with E-state index in [4.69, 9.17) is 4.42 Å². The van der Waals surface area contributed by atoms with Gasteiger partial charge >= 0.3 is 0 Å². The first kappa shape index (κ1) is 19.2. The molecule has 1 aromatic heterocycles. The number of aryl methyl sites for hydroxylation is 2. The molecule has 3 aromatic carbocycles. The van der Waals surface area contributed by atoms with E-state index in [-0.39, 0.29) is 5.91 Å². The third-order valence-electron chi connectivity index (χ3n) is 4.68. The van der Waals surface area contributed by atoms with E-state index in [2.05, 4.69) is 26.2 Å². The average molecular weight is 447 g/mol. The molecule has 1 N–H and O–H groups in total. The van der Waals surface area contributed by atoms with Gasteiger partial charge in [-0.2, -0.15) is 0 Å². The minimum Gasteiger partial charge on any atom is -0.436 e. The number of nitrogens with zero attached hydrogens (tertiary/aromatic N) is 1. The van der Waals surface area contributed by atoms with E-state index in [0.717, 1.165) is 26.9 Å². The van der Waals surface area contributed by atoms with Gasteiger partial charge in [0, 0.05) is 21.3 Å². The maximum absolute atomic E-state index is 13.0. The lowest BCUT2D eigenvalue weighted by atomic mass is 10.1. The van der Waals surface area contributed by atoms with Gasteiger partial charge in [-0.15, -0.1) is 0 Å². The monoisotopic (exact) mass is 446 g/mol. The molecule has 0 unspecified atom stereocenters. The molecule has 1 heterocycles. The van der Waals surface area contributed by atoms with E-state index in [1.54, 1.807) is 12.3 Å². The number of hydrogen-bond acceptors (Lipinski definition) is 3. The molecule has 0 saturated heterocycles. The van der Waals surface area contributed by atoms with Gasteiger partial charge < -0.3 is 9.73 Å². The van der Waals surface area contributed by atoms with Crippen molar-refractivity contribution in [2.75, 3.05) is 5.32 Å². The molecule has 0 bridgehead atoms. The molecule has 0 saturated carbocycles. The van der Waals surface area contributed by atoms with Gasteiger partial charge in [-0.05, 0) is 55.3 Å². The molecule has 0 aliphatic heterocycles. The highest BCUT2D eigenvalue weighted by Gasteiger charge is 2.17. The Hall–Kier alpha value is -3.18. The lowest BCUT2D eigenvalue weighted by molar-refractivity contribution is 0.102. The molecule has 5 heteroatoms. The third-order valence-corrected chi connectivity index (χ3v) is 5.21. The minimum absolute atomic E-state index is 0.197. The van der Waals surface area contributed by atoms with E-state index in [9.17, 15) is 4.79 Å². The summed E-state index contributed by atoms with van der Waals surface area (Å²) in [5.74, 6) is 0.865. The SMILES string of the molecule is Cc1ccc(C)c(NC(=O)c2ccccc2-c2ncc(-c3ccc(Br)cc3)o2)c1. The molecule has 0 aliphatic rings. The van der Waals surface area contributed by atoms with E-state index in [0.29, 0.717) is 22.8 Å². The Labute approximate surface area is 177 Å². The average Bonchev–Trinajstić information content (AvgIpc) is 3.21. The normalized spacial score (nSPS) is 10.7. The molecule has 0 radical (unpaired) electrons. The fourth-order valence-electron chi connectivity index (χ4n) is 3.07. The van der Waals surface area contributed by atoms with E-state index >= 15 is 0 Å². The van der Waals surface area contributed by atoms with Gasteiger partial charge in [0.25, 0.3) is 5.91 Å². The van der Waals surface area contributed by atoms with Crippen LogP contribution in [0.25, 0.3) is 22.8 Å². The largest absolute Gasteiger partial charge is 0.436 e. The minimum atomic E-state index is -0.197. The molecule has 4 nitrogen and oxygen atoms in total. The van der Waals surface area contributed by atoms with Crippen LogP contribution >= 0.6 is 15.9 Å². The predicted molar refractivity (Wildman–Crippen MR) is 119 cm³/mol. The zero-order chi connectivity index (χ0) is 20.4. The highest BCUT2D eigenvalue weighted by Crippen LogP contribution is 2.29. The molecule has 0 fully saturated rings. The van der Waals surface area contributed by atoms with Crippen molar-refractivity contribution in [3.8, 4) is 22.8 Å². The van der Waals surface area contributed by atoms with Crippen molar-refractivity contribution in [2.24, 2.45) is 0 Å². The summed E-state index contributed by atoms with van der Waals surface area (Å²) in [4.78, 5) is 17.4. The zero-order valence-corrected chi connectivity index (χ0v) is 17.7. The molecule has 4 rings (SSSR count). The number of carbonyl (C=O) groups excluding carboxylic acids is 1. The quantitative estimate of drug-likeness (QED) is 0.382. The molecule has 0 aliphatic carbocycles. The fraction of sp³-hybridized carbons (Fsp3) is 0.0833. The molecule has 4 aromatic rings. The summed E-state index contributed by atoms with van der Waals surface area (Å²) >= 11 is 3.43. The van der Waals surface area contributed by atoms with Gasteiger partial charge in [-0.3, -0.25) is 4.79 Å². The first-order chi connectivity index (χ1) is 14.0. The maximum Gasteiger partial charge on any atom is 0.256 e. The molecule has 0 spiro atoms. The topological polar surface area (TPSA) is 55.1 Å². The second-order valence-electron chi connectivity index (χ2n) is 6.85. The first-order valence-electron chi connectivity index (χ1n) is 9.21. The van der Waals surface area contributed by atoms with E-state index in [1.165, 1.54) is 0 Å². The summed E-state index contributed by atoms with van der Waals surface area (Å²) in [6, 6.07) is 21.1. The Kier molecular flexibility index (Phi) is 5.32. The highest BCUT2D eigenvalue weighted by molar-refractivity contribution is 9.10. The Morgan fingerprint density at radius 3 is 2.55 bits per heavy atom. The molecule has 144 valence electrons. The van der Waals surface area contributed by atoms with Crippen molar-refractivity contribution in [1.29, 1.82) is 0 Å². The van der Waals surface area contributed by atoms with Crippen LogP contribution in [0.2, 0.25) is 0 Å². The van der Waals surface area contributed by atoms with Crippen LogP contribution < -0.4 is 5.32 Å². The van der Waals surface area contributed by atoms with Crippen molar-refractivity contribution >= 4 is 27.5 Å². The Morgan fingerprint density at radius 2 is 1.76 bits per heavy atom. The van der Waals surface area contributed by atoms with Crippen molar-refractivity contribution in [3.63, 3.8) is 0 Å². The van der Waals surface area contributed by atoms with Crippen LogP contribution in [0.4, 0.5) is 5.69 Å². The first-order valence-corrected chi connectivity index (χ1v) is 10.0. The lowest BCUT2D eigenvalue weighted by Crippen LogP contribution is -2.14. The summed E-state index contributed by atoms with van der Waals surface area (Å²) in [6.45, 7) is 3.97. The smallest absolute Gasteiger partial charge is 0.256 e. The van der Waals surface area contributed by atoms with Crippen molar-refractivity contribution in [1.82, 2.24) is 4.98 Å². The van der Waals surface area contributed by atoms with Crippen molar-refractivity contribution in [2.45, 2.75) is 13.8 Å². The van der Waals surface area contributed by atoms with Crippen molar-refractivity contribution < 1.29 is 9.21 Å². The van der Waals surface area contributed by atoms with Crippen molar-refractivity contribution in [3.05, 3.63) is 94.1 Å². The van der Waals surface area contributed by atoms with Gasteiger partial charge in [0.1, 0.15) is 0 Å². The molecular formula is C24H19BrN2O2. The van der Waals surface area contributed by atoms with Crippen LogP contribution in [0.15, 0.2) is 81.8 Å². The molecular weight excluding hydrogens is 428 g/mol. The highest BCUT2D eigenvalue weighted by atomic mass is 79.9. The predicted octanol–water partition coefficient (Wildman–Crippen LogP) is 6.64. The van der Waals surface area contributed by atoms with E-state index in [1.807, 2.05) is 74.5 Å². The van der Waals surface area contributed by atoms with Crippen LogP contribution in [0.3, 0.4) is 0 Å². The standard InChI is InChI=1S/C24H19BrN2O2/c1-15-7-8-16(2)21(13-15)27-23(28)19-5-3-4-6-20(19)24-26-14-22(29-24)17-9-11-18(25)12-10-17/h3-14H,1-2H3,(H,27,28). The molecule has 1 amide bonds. The van der Waals surface area contributed by atoms with Gasteiger partial charge in [-0.25, -0.2) is 4.98 Å². The summed E-state index contributed by atoms with van der Waals surface area (Å²) < 4.78 is 6.97. The number of anilines is 1. The van der Waals surface area contributed by atoms with Gasteiger partial charge in [0.2, 0.25) is 5.89 Å². The van der Waals surface area contributed by atoms with Gasteiger partial charge in [-0.1, -0.05) is 52.3 Å². The maximum atomic E-state index is 13.0.